The van der Waals surface area contributed by atoms with E-state index >= 15 is 0 Å². The van der Waals surface area contributed by atoms with Crippen molar-refractivity contribution in [3.05, 3.63) is 28.9 Å². The molecule has 2 N–H and O–H groups in total. The van der Waals surface area contributed by atoms with Gasteiger partial charge in [-0.1, -0.05) is 16.8 Å². The van der Waals surface area contributed by atoms with E-state index in [0.29, 0.717) is 11.6 Å². The quantitative estimate of drug-likeness (QED) is 0.907. The first-order chi connectivity index (χ1) is 6.81. The van der Waals surface area contributed by atoms with Crippen LogP contribution in [-0.2, 0) is 6.42 Å². The summed E-state index contributed by atoms with van der Waals surface area (Å²) in [6.45, 7) is 0.662. The Bertz CT molecular complexity index is 442. The lowest BCUT2D eigenvalue weighted by Crippen LogP contribution is -2.00. The molecular formula is C10H12Cl2N2O. The predicted octanol–water partition coefficient (Wildman–Crippen LogP) is 2.79. The van der Waals surface area contributed by atoms with E-state index in [1.54, 1.807) is 6.07 Å². The molecular weight excluding hydrogens is 235 g/mol. The van der Waals surface area contributed by atoms with Gasteiger partial charge in [-0.05, 0) is 37.6 Å². The van der Waals surface area contributed by atoms with Gasteiger partial charge in [0, 0.05) is 10.4 Å². The summed E-state index contributed by atoms with van der Waals surface area (Å²) in [4.78, 5) is 0. The van der Waals surface area contributed by atoms with Gasteiger partial charge in [-0.3, -0.25) is 0 Å². The first-order valence-corrected chi connectivity index (χ1v) is 4.93. The van der Waals surface area contributed by atoms with Crippen LogP contribution in [0.25, 0.3) is 11.0 Å². The molecule has 0 unspecified atom stereocenters. The van der Waals surface area contributed by atoms with E-state index in [1.807, 2.05) is 12.1 Å². The summed E-state index contributed by atoms with van der Waals surface area (Å²) >= 11 is 5.89. The van der Waals surface area contributed by atoms with Crippen molar-refractivity contribution in [3.63, 3.8) is 0 Å². The van der Waals surface area contributed by atoms with Crippen LogP contribution in [0.4, 0.5) is 0 Å². The lowest BCUT2D eigenvalue weighted by atomic mass is 10.1. The zero-order valence-corrected chi connectivity index (χ0v) is 9.64. The highest BCUT2D eigenvalue weighted by molar-refractivity contribution is 6.31. The van der Waals surface area contributed by atoms with Gasteiger partial charge in [-0.15, -0.1) is 12.4 Å². The standard InChI is InChI=1S/C10H11ClN2O.ClH/c11-7-3-4-10-8(6-7)9(13-14-10)2-1-5-12;/h3-4,6H,1-2,5,12H2;1H. The number of rotatable bonds is 3. The lowest BCUT2D eigenvalue weighted by Gasteiger charge is -1.94. The highest BCUT2D eigenvalue weighted by Crippen LogP contribution is 2.23. The third-order valence-corrected chi connectivity index (χ3v) is 2.36. The molecule has 2 aromatic rings. The molecule has 0 amide bonds. The SMILES string of the molecule is Cl.NCCCc1noc2ccc(Cl)cc12. The molecule has 82 valence electrons. The Kier molecular flexibility index (Phi) is 4.39. The smallest absolute Gasteiger partial charge is 0.167 e. The normalized spacial score (nSPS) is 10.3. The monoisotopic (exact) mass is 246 g/mol. The third-order valence-electron chi connectivity index (χ3n) is 2.12. The van der Waals surface area contributed by atoms with Gasteiger partial charge in [0.25, 0.3) is 0 Å². The molecule has 0 saturated heterocycles. The van der Waals surface area contributed by atoms with Crippen LogP contribution in [0.3, 0.4) is 0 Å². The molecule has 0 bridgehead atoms. The van der Waals surface area contributed by atoms with Gasteiger partial charge in [-0.25, -0.2) is 0 Å². The maximum Gasteiger partial charge on any atom is 0.167 e. The molecule has 15 heavy (non-hydrogen) atoms. The number of nitrogens with two attached hydrogens (primary N) is 1. The van der Waals surface area contributed by atoms with Gasteiger partial charge in [0.05, 0.1) is 5.69 Å². The number of fused-ring (bicyclic) bond motifs is 1. The van der Waals surface area contributed by atoms with E-state index in [2.05, 4.69) is 5.16 Å². The van der Waals surface area contributed by atoms with Crippen LogP contribution in [0, 0.1) is 0 Å². The Morgan fingerprint density at radius 2 is 2.20 bits per heavy atom. The maximum atomic E-state index is 5.89. The number of nitrogens with zero attached hydrogens (tertiary/aromatic N) is 1. The van der Waals surface area contributed by atoms with Gasteiger partial charge in [0.2, 0.25) is 0 Å². The second-order valence-electron chi connectivity index (χ2n) is 3.16. The number of benzene rings is 1. The molecule has 0 aliphatic heterocycles. The first-order valence-electron chi connectivity index (χ1n) is 4.55. The highest BCUT2D eigenvalue weighted by Gasteiger charge is 2.07. The zero-order valence-electron chi connectivity index (χ0n) is 8.07. The Morgan fingerprint density at radius 3 is 2.93 bits per heavy atom. The number of halogens is 2. The Hall–Kier alpha value is -0.770. The largest absolute Gasteiger partial charge is 0.356 e. The second-order valence-corrected chi connectivity index (χ2v) is 3.60. The van der Waals surface area contributed by atoms with E-state index in [4.69, 9.17) is 21.9 Å². The van der Waals surface area contributed by atoms with Crippen molar-refractivity contribution in [2.24, 2.45) is 5.73 Å². The van der Waals surface area contributed by atoms with E-state index in [0.717, 1.165) is 29.5 Å². The van der Waals surface area contributed by atoms with E-state index < -0.39 is 0 Å². The minimum atomic E-state index is 0. The van der Waals surface area contributed by atoms with Gasteiger partial charge >= 0.3 is 0 Å². The van der Waals surface area contributed by atoms with Crippen LogP contribution in [-0.4, -0.2) is 11.7 Å². The fourth-order valence-electron chi connectivity index (χ4n) is 1.41. The highest BCUT2D eigenvalue weighted by atomic mass is 35.5. The van der Waals surface area contributed by atoms with Crippen molar-refractivity contribution in [2.75, 3.05) is 6.54 Å². The van der Waals surface area contributed by atoms with Crippen LogP contribution >= 0.6 is 24.0 Å². The summed E-state index contributed by atoms with van der Waals surface area (Å²) in [5.41, 5.74) is 7.15. The third kappa shape index (κ3) is 2.62. The van der Waals surface area contributed by atoms with Gasteiger partial charge < -0.3 is 10.3 Å². The van der Waals surface area contributed by atoms with E-state index in [9.17, 15) is 0 Å². The molecule has 5 heteroatoms. The Balaban J connectivity index is 0.00000112. The molecule has 1 heterocycles. The minimum Gasteiger partial charge on any atom is -0.356 e. The van der Waals surface area contributed by atoms with Crippen molar-refractivity contribution < 1.29 is 4.52 Å². The molecule has 3 nitrogen and oxygen atoms in total. The lowest BCUT2D eigenvalue weighted by molar-refractivity contribution is 0.445. The summed E-state index contributed by atoms with van der Waals surface area (Å²) in [7, 11) is 0. The number of aryl methyl sites for hydroxylation is 1. The van der Waals surface area contributed by atoms with Crippen molar-refractivity contribution in [1.29, 1.82) is 0 Å². The first kappa shape index (κ1) is 12.3. The van der Waals surface area contributed by atoms with Crippen LogP contribution in [0.5, 0.6) is 0 Å². The number of aromatic nitrogens is 1. The molecule has 0 spiro atoms. The second kappa shape index (κ2) is 5.35. The summed E-state index contributed by atoms with van der Waals surface area (Å²) in [5.74, 6) is 0. The molecule has 1 aromatic heterocycles. The average Bonchev–Trinajstić information content (AvgIpc) is 2.57. The summed E-state index contributed by atoms with van der Waals surface area (Å²) in [6, 6.07) is 5.50. The Morgan fingerprint density at radius 1 is 1.40 bits per heavy atom. The molecule has 0 aliphatic rings. The van der Waals surface area contributed by atoms with Crippen LogP contribution in [0.2, 0.25) is 5.02 Å². The fraction of sp³-hybridized carbons (Fsp3) is 0.300. The molecule has 0 fully saturated rings. The van der Waals surface area contributed by atoms with Gasteiger partial charge in [-0.2, -0.15) is 0 Å². The van der Waals surface area contributed by atoms with Crippen molar-refractivity contribution in [1.82, 2.24) is 5.16 Å². The zero-order chi connectivity index (χ0) is 9.97. The van der Waals surface area contributed by atoms with Crippen molar-refractivity contribution in [3.8, 4) is 0 Å². The summed E-state index contributed by atoms with van der Waals surface area (Å²) in [5, 5.41) is 5.68. The van der Waals surface area contributed by atoms with Crippen LogP contribution < -0.4 is 5.73 Å². The topological polar surface area (TPSA) is 52.0 Å². The number of hydrogen-bond acceptors (Lipinski definition) is 3. The van der Waals surface area contributed by atoms with Gasteiger partial charge in [0.15, 0.2) is 5.58 Å². The maximum absolute atomic E-state index is 5.89. The molecule has 0 atom stereocenters. The predicted molar refractivity (Wildman–Crippen MR) is 63.6 cm³/mol. The molecule has 2 rings (SSSR count). The molecule has 0 aliphatic carbocycles. The Labute approximate surface area is 99.0 Å². The van der Waals surface area contributed by atoms with Crippen LogP contribution in [0.1, 0.15) is 12.1 Å². The van der Waals surface area contributed by atoms with Crippen molar-refractivity contribution in [2.45, 2.75) is 12.8 Å². The number of hydrogen-bond donors (Lipinski definition) is 1. The van der Waals surface area contributed by atoms with E-state index in [1.165, 1.54) is 0 Å². The minimum absolute atomic E-state index is 0. The molecule has 0 radical (unpaired) electrons. The summed E-state index contributed by atoms with van der Waals surface area (Å²) in [6.07, 6.45) is 1.75. The summed E-state index contributed by atoms with van der Waals surface area (Å²) < 4.78 is 5.15. The van der Waals surface area contributed by atoms with E-state index in [-0.39, 0.29) is 12.4 Å². The van der Waals surface area contributed by atoms with Gasteiger partial charge in [0.1, 0.15) is 0 Å². The average molecular weight is 247 g/mol. The fourth-order valence-corrected chi connectivity index (χ4v) is 1.58. The molecule has 0 saturated carbocycles. The molecule has 1 aromatic carbocycles. The van der Waals surface area contributed by atoms with Crippen molar-refractivity contribution >= 4 is 35.0 Å². The van der Waals surface area contributed by atoms with Crippen LogP contribution in [0.15, 0.2) is 22.7 Å².